The van der Waals surface area contributed by atoms with E-state index in [1.807, 2.05) is 0 Å². The minimum atomic E-state index is -0.782. The van der Waals surface area contributed by atoms with Crippen molar-refractivity contribution in [3.8, 4) is 0 Å². The second-order valence-corrected chi connectivity index (χ2v) is 4.82. The zero-order chi connectivity index (χ0) is 10.7. The molecule has 0 spiro atoms. The van der Waals surface area contributed by atoms with E-state index in [0.29, 0.717) is 6.04 Å². The van der Waals surface area contributed by atoms with Crippen LogP contribution in [-0.4, -0.2) is 18.3 Å². The average Bonchev–Trinajstić information content (AvgIpc) is 3.02. The Morgan fingerprint density at radius 1 is 1.27 bits per heavy atom. The summed E-state index contributed by atoms with van der Waals surface area (Å²) in [7, 11) is 0. The standard InChI is InChI=1S/C11H13F2NS/c12-10-4-3-9(7-11(10)13)15-6-5-14-8-1-2-8/h3-4,7-8,14H,1-2,5-6H2. The SMILES string of the molecule is Fc1ccc(SCCNC2CC2)cc1F. The van der Waals surface area contributed by atoms with Gasteiger partial charge >= 0.3 is 0 Å². The topological polar surface area (TPSA) is 12.0 Å². The molecule has 0 amide bonds. The summed E-state index contributed by atoms with van der Waals surface area (Å²) in [5.41, 5.74) is 0. The van der Waals surface area contributed by atoms with Gasteiger partial charge in [0.15, 0.2) is 11.6 Å². The van der Waals surface area contributed by atoms with Crippen molar-refractivity contribution in [2.24, 2.45) is 0 Å². The molecule has 0 aliphatic heterocycles. The van der Waals surface area contributed by atoms with Crippen molar-refractivity contribution in [1.29, 1.82) is 0 Å². The summed E-state index contributed by atoms with van der Waals surface area (Å²) in [5.74, 6) is -0.660. The summed E-state index contributed by atoms with van der Waals surface area (Å²) in [4.78, 5) is 0.784. The highest BCUT2D eigenvalue weighted by molar-refractivity contribution is 7.99. The van der Waals surface area contributed by atoms with Gasteiger partial charge in [-0.25, -0.2) is 8.78 Å². The Morgan fingerprint density at radius 3 is 2.73 bits per heavy atom. The molecule has 1 aliphatic rings. The first-order valence-electron chi connectivity index (χ1n) is 5.07. The van der Waals surface area contributed by atoms with Crippen molar-refractivity contribution >= 4 is 11.8 Å². The summed E-state index contributed by atoms with van der Waals surface area (Å²) in [6.45, 7) is 0.925. The van der Waals surface area contributed by atoms with Crippen molar-refractivity contribution < 1.29 is 8.78 Å². The highest BCUT2D eigenvalue weighted by atomic mass is 32.2. The van der Waals surface area contributed by atoms with Gasteiger partial charge < -0.3 is 5.32 Å². The van der Waals surface area contributed by atoms with Gasteiger partial charge in [-0.05, 0) is 31.0 Å². The normalized spacial score (nSPS) is 15.6. The van der Waals surface area contributed by atoms with Crippen molar-refractivity contribution in [2.75, 3.05) is 12.3 Å². The molecule has 0 saturated heterocycles. The molecule has 0 aromatic heterocycles. The Hall–Kier alpha value is -0.610. The minimum absolute atomic E-state index is 0.704. The molecule has 0 radical (unpaired) electrons. The number of rotatable bonds is 5. The van der Waals surface area contributed by atoms with Crippen LogP contribution in [0.4, 0.5) is 8.78 Å². The fourth-order valence-corrected chi connectivity index (χ4v) is 2.09. The van der Waals surface area contributed by atoms with Crippen LogP contribution >= 0.6 is 11.8 Å². The van der Waals surface area contributed by atoms with Crippen LogP contribution in [0.2, 0.25) is 0 Å². The number of nitrogens with one attached hydrogen (secondary N) is 1. The molecule has 1 aromatic carbocycles. The minimum Gasteiger partial charge on any atom is -0.313 e. The quantitative estimate of drug-likeness (QED) is 0.615. The van der Waals surface area contributed by atoms with Gasteiger partial charge in [-0.2, -0.15) is 0 Å². The van der Waals surface area contributed by atoms with Crippen molar-refractivity contribution in [3.63, 3.8) is 0 Å². The van der Waals surface area contributed by atoms with E-state index in [-0.39, 0.29) is 0 Å². The van der Waals surface area contributed by atoms with Gasteiger partial charge in [0.05, 0.1) is 0 Å². The van der Waals surface area contributed by atoms with Crippen LogP contribution in [0.5, 0.6) is 0 Å². The molecular weight excluding hydrogens is 216 g/mol. The highest BCUT2D eigenvalue weighted by Gasteiger charge is 2.19. The number of hydrogen-bond acceptors (Lipinski definition) is 2. The lowest BCUT2D eigenvalue weighted by Gasteiger charge is -2.03. The molecule has 1 aliphatic carbocycles. The lowest BCUT2D eigenvalue weighted by molar-refractivity contribution is 0.506. The fraction of sp³-hybridized carbons (Fsp3) is 0.455. The summed E-state index contributed by atoms with van der Waals surface area (Å²) in [5, 5.41) is 3.36. The fourth-order valence-electron chi connectivity index (χ4n) is 1.29. The molecule has 1 fully saturated rings. The van der Waals surface area contributed by atoms with Crippen molar-refractivity contribution in [3.05, 3.63) is 29.8 Å². The van der Waals surface area contributed by atoms with Crippen LogP contribution in [0.25, 0.3) is 0 Å². The van der Waals surface area contributed by atoms with E-state index in [9.17, 15) is 8.78 Å². The van der Waals surface area contributed by atoms with Crippen LogP contribution < -0.4 is 5.32 Å². The monoisotopic (exact) mass is 229 g/mol. The van der Waals surface area contributed by atoms with Crippen LogP contribution in [0.1, 0.15) is 12.8 Å². The van der Waals surface area contributed by atoms with Crippen LogP contribution in [0, 0.1) is 11.6 Å². The van der Waals surface area contributed by atoms with Gasteiger partial charge in [-0.15, -0.1) is 11.8 Å². The Kier molecular flexibility index (Phi) is 3.59. The molecule has 0 bridgehead atoms. The summed E-state index contributed by atoms with van der Waals surface area (Å²) < 4.78 is 25.4. The number of thioether (sulfide) groups is 1. The van der Waals surface area contributed by atoms with Crippen LogP contribution in [-0.2, 0) is 0 Å². The summed E-state index contributed by atoms with van der Waals surface area (Å²) in [6.07, 6.45) is 2.55. The Balaban J connectivity index is 1.74. The zero-order valence-corrected chi connectivity index (χ0v) is 9.12. The Bertz CT molecular complexity index is 339. The Morgan fingerprint density at radius 2 is 2.07 bits per heavy atom. The molecule has 4 heteroatoms. The maximum absolute atomic E-state index is 12.8. The molecule has 1 N–H and O–H groups in total. The molecular formula is C11H13F2NS. The lowest BCUT2D eigenvalue weighted by Crippen LogP contribution is -2.19. The predicted molar refractivity (Wildman–Crippen MR) is 58.1 cm³/mol. The third kappa shape index (κ3) is 3.47. The first-order valence-corrected chi connectivity index (χ1v) is 6.05. The number of halogens is 2. The molecule has 1 aromatic rings. The molecule has 2 rings (SSSR count). The van der Waals surface area contributed by atoms with Crippen LogP contribution in [0.3, 0.4) is 0 Å². The van der Waals surface area contributed by atoms with Gasteiger partial charge in [0.25, 0.3) is 0 Å². The van der Waals surface area contributed by atoms with Gasteiger partial charge in [-0.3, -0.25) is 0 Å². The van der Waals surface area contributed by atoms with Gasteiger partial charge in [0, 0.05) is 23.2 Å². The average molecular weight is 229 g/mol. The first-order chi connectivity index (χ1) is 7.25. The Labute approximate surface area is 92.3 Å². The lowest BCUT2D eigenvalue weighted by atomic mass is 10.3. The molecule has 15 heavy (non-hydrogen) atoms. The van der Waals surface area contributed by atoms with Crippen molar-refractivity contribution in [1.82, 2.24) is 5.32 Å². The molecule has 0 unspecified atom stereocenters. The second kappa shape index (κ2) is 4.94. The van der Waals surface area contributed by atoms with E-state index >= 15 is 0 Å². The van der Waals surface area contributed by atoms with E-state index in [0.717, 1.165) is 17.2 Å². The predicted octanol–water partition coefficient (Wildman–Crippen LogP) is 2.81. The summed E-state index contributed by atoms with van der Waals surface area (Å²) >= 11 is 1.54. The maximum atomic E-state index is 12.8. The van der Waals surface area contributed by atoms with Gasteiger partial charge in [-0.1, -0.05) is 0 Å². The van der Waals surface area contributed by atoms with E-state index < -0.39 is 11.6 Å². The van der Waals surface area contributed by atoms with E-state index in [1.165, 1.54) is 25.0 Å². The van der Waals surface area contributed by atoms with Gasteiger partial charge in [0.1, 0.15) is 0 Å². The molecule has 0 atom stereocenters. The third-order valence-corrected chi connectivity index (χ3v) is 3.27. The maximum Gasteiger partial charge on any atom is 0.159 e. The third-order valence-electron chi connectivity index (χ3n) is 2.27. The van der Waals surface area contributed by atoms with E-state index in [1.54, 1.807) is 17.8 Å². The first kappa shape index (κ1) is 10.9. The van der Waals surface area contributed by atoms with Gasteiger partial charge in [0.2, 0.25) is 0 Å². The molecule has 1 saturated carbocycles. The summed E-state index contributed by atoms with van der Waals surface area (Å²) in [6, 6.07) is 4.74. The number of benzene rings is 1. The second-order valence-electron chi connectivity index (χ2n) is 3.65. The molecule has 82 valence electrons. The number of hydrogen-bond donors (Lipinski definition) is 1. The largest absolute Gasteiger partial charge is 0.313 e. The van der Waals surface area contributed by atoms with E-state index in [4.69, 9.17) is 0 Å². The highest BCUT2D eigenvalue weighted by Crippen LogP contribution is 2.21. The molecule has 1 nitrogen and oxygen atoms in total. The smallest absolute Gasteiger partial charge is 0.159 e. The van der Waals surface area contributed by atoms with E-state index in [2.05, 4.69) is 5.32 Å². The molecule has 0 heterocycles. The zero-order valence-electron chi connectivity index (χ0n) is 8.30. The van der Waals surface area contributed by atoms with Crippen LogP contribution in [0.15, 0.2) is 23.1 Å². The van der Waals surface area contributed by atoms with Crippen molar-refractivity contribution in [2.45, 2.75) is 23.8 Å².